The fraction of sp³-hybridized carbons (Fsp3) is 0.438. The maximum Gasteiger partial charge on any atom is 0.252 e. The molecule has 21 heavy (non-hydrogen) atoms. The van der Waals surface area contributed by atoms with Gasteiger partial charge in [-0.3, -0.25) is 9.89 Å². The molecule has 0 aliphatic carbocycles. The van der Waals surface area contributed by atoms with Gasteiger partial charge in [0.2, 0.25) is 0 Å². The second-order valence-corrected chi connectivity index (χ2v) is 5.72. The Hall–Kier alpha value is -2.17. The first kappa shape index (κ1) is 15.2. The number of H-pyrrole nitrogens is 1. The third-order valence-electron chi connectivity index (χ3n) is 3.70. The Morgan fingerprint density at radius 1 is 1.24 bits per heavy atom. The number of carbonyl (C=O) groups is 1. The van der Waals surface area contributed by atoms with Crippen molar-refractivity contribution < 1.29 is 4.79 Å². The minimum absolute atomic E-state index is 0.0858. The monoisotopic (exact) mass is 286 g/mol. The summed E-state index contributed by atoms with van der Waals surface area (Å²) in [5.74, 6) is 1.49. The van der Waals surface area contributed by atoms with E-state index in [1.165, 1.54) is 0 Å². The van der Waals surface area contributed by atoms with Crippen molar-refractivity contribution in [1.29, 1.82) is 0 Å². The minimum Gasteiger partial charge on any atom is -0.342 e. The zero-order valence-electron chi connectivity index (χ0n) is 13.2. The van der Waals surface area contributed by atoms with E-state index in [2.05, 4.69) is 20.5 Å². The largest absolute Gasteiger partial charge is 0.342 e. The van der Waals surface area contributed by atoms with Gasteiger partial charge in [-0.1, -0.05) is 26.0 Å². The Kier molecular flexibility index (Phi) is 4.40. The summed E-state index contributed by atoms with van der Waals surface area (Å²) in [6, 6.07) is 5.55. The average molecular weight is 286 g/mol. The summed E-state index contributed by atoms with van der Waals surface area (Å²) in [5, 5.41) is 10.0. The fourth-order valence-electron chi connectivity index (χ4n) is 2.24. The summed E-state index contributed by atoms with van der Waals surface area (Å²) in [6.07, 6.45) is 0. The highest BCUT2D eigenvalue weighted by Crippen LogP contribution is 2.20. The van der Waals surface area contributed by atoms with Crippen molar-refractivity contribution in [3.8, 4) is 0 Å². The molecule has 5 heteroatoms. The van der Waals surface area contributed by atoms with E-state index in [9.17, 15) is 4.79 Å². The van der Waals surface area contributed by atoms with Crippen molar-refractivity contribution >= 4 is 5.91 Å². The van der Waals surface area contributed by atoms with E-state index in [-0.39, 0.29) is 17.9 Å². The molecule has 0 aliphatic heterocycles. The summed E-state index contributed by atoms with van der Waals surface area (Å²) in [5.41, 5.74) is 2.81. The predicted molar refractivity (Wildman–Crippen MR) is 82.1 cm³/mol. The molecule has 1 aromatic heterocycles. The molecule has 0 saturated carbocycles. The molecular formula is C16H22N4O. The lowest BCUT2D eigenvalue weighted by atomic mass is 10.00. The molecule has 1 heterocycles. The van der Waals surface area contributed by atoms with Gasteiger partial charge in [0.1, 0.15) is 5.82 Å². The number of benzene rings is 1. The van der Waals surface area contributed by atoms with Crippen LogP contribution in [0.25, 0.3) is 0 Å². The van der Waals surface area contributed by atoms with Crippen LogP contribution < -0.4 is 5.32 Å². The Balaban J connectivity index is 2.25. The van der Waals surface area contributed by atoms with Crippen LogP contribution in [0.2, 0.25) is 0 Å². The maximum atomic E-state index is 12.5. The van der Waals surface area contributed by atoms with Gasteiger partial charge < -0.3 is 5.32 Å². The van der Waals surface area contributed by atoms with E-state index in [4.69, 9.17) is 0 Å². The minimum atomic E-state index is -0.206. The van der Waals surface area contributed by atoms with E-state index >= 15 is 0 Å². The number of nitrogens with one attached hydrogen (secondary N) is 2. The number of hydrogen-bond acceptors (Lipinski definition) is 3. The van der Waals surface area contributed by atoms with Gasteiger partial charge in [-0.05, 0) is 43.9 Å². The smallest absolute Gasteiger partial charge is 0.252 e. The Morgan fingerprint density at radius 2 is 1.95 bits per heavy atom. The molecule has 0 fully saturated rings. The summed E-state index contributed by atoms with van der Waals surface area (Å²) in [7, 11) is 0. The first-order chi connectivity index (χ1) is 9.90. The number of aromatic nitrogens is 3. The van der Waals surface area contributed by atoms with Crippen molar-refractivity contribution in [1.82, 2.24) is 20.5 Å². The van der Waals surface area contributed by atoms with E-state index in [0.717, 1.165) is 17.0 Å². The molecule has 0 saturated heterocycles. The van der Waals surface area contributed by atoms with Crippen molar-refractivity contribution in [2.24, 2.45) is 5.92 Å². The van der Waals surface area contributed by atoms with Gasteiger partial charge in [-0.15, -0.1) is 0 Å². The van der Waals surface area contributed by atoms with Gasteiger partial charge in [0.25, 0.3) is 5.91 Å². The van der Waals surface area contributed by atoms with Gasteiger partial charge in [0.15, 0.2) is 5.82 Å². The Labute approximate surface area is 125 Å². The second-order valence-electron chi connectivity index (χ2n) is 5.72. The molecule has 2 N–H and O–H groups in total. The third-order valence-corrected chi connectivity index (χ3v) is 3.70. The lowest BCUT2D eigenvalue weighted by Crippen LogP contribution is -2.33. The molecule has 112 valence electrons. The van der Waals surface area contributed by atoms with Gasteiger partial charge in [0.05, 0.1) is 6.04 Å². The topological polar surface area (TPSA) is 70.7 Å². The fourth-order valence-corrected chi connectivity index (χ4v) is 2.24. The summed E-state index contributed by atoms with van der Waals surface area (Å²) >= 11 is 0. The zero-order chi connectivity index (χ0) is 15.6. The zero-order valence-corrected chi connectivity index (χ0v) is 13.2. The molecular weight excluding hydrogens is 264 g/mol. The van der Waals surface area contributed by atoms with E-state index < -0.39 is 0 Å². The van der Waals surface area contributed by atoms with Crippen LogP contribution in [-0.4, -0.2) is 21.1 Å². The second kappa shape index (κ2) is 6.08. The SMILES string of the molecule is Cc1nc([C@H](NC(=O)c2cccc(C)c2C)C(C)C)n[nH]1. The van der Waals surface area contributed by atoms with Crippen molar-refractivity contribution in [2.75, 3.05) is 0 Å². The summed E-state index contributed by atoms with van der Waals surface area (Å²) < 4.78 is 0. The molecule has 2 aromatic rings. The average Bonchev–Trinajstić information content (AvgIpc) is 2.84. The van der Waals surface area contributed by atoms with E-state index in [0.29, 0.717) is 11.4 Å². The van der Waals surface area contributed by atoms with Gasteiger partial charge in [-0.2, -0.15) is 5.10 Å². The molecule has 1 aromatic carbocycles. The number of aromatic amines is 1. The lowest BCUT2D eigenvalue weighted by Gasteiger charge is -2.20. The van der Waals surface area contributed by atoms with Gasteiger partial charge >= 0.3 is 0 Å². The van der Waals surface area contributed by atoms with E-state index in [1.807, 2.05) is 52.8 Å². The van der Waals surface area contributed by atoms with Gasteiger partial charge in [-0.25, -0.2) is 4.98 Å². The molecule has 1 amide bonds. The number of carbonyl (C=O) groups excluding carboxylic acids is 1. The van der Waals surface area contributed by atoms with Gasteiger partial charge in [0, 0.05) is 5.56 Å². The number of amides is 1. The highest BCUT2D eigenvalue weighted by atomic mass is 16.1. The van der Waals surface area contributed by atoms with E-state index in [1.54, 1.807) is 0 Å². The number of nitrogens with zero attached hydrogens (tertiary/aromatic N) is 2. The molecule has 0 spiro atoms. The van der Waals surface area contributed by atoms with Crippen LogP contribution in [0.1, 0.15) is 53.0 Å². The number of hydrogen-bond donors (Lipinski definition) is 2. The van der Waals surface area contributed by atoms with Crippen LogP contribution in [0.5, 0.6) is 0 Å². The molecule has 1 atom stereocenters. The molecule has 0 unspecified atom stereocenters. The molecule has 0 radical (unpaired) electrons. The van der Waals surface area contributed by atoms with Crippen LogP contribution in [0.15, 0.2) is 18.2 Å². The van der Waals surface area contributed by atoms with Crippen molar-refractivity contribution in [3.05, 3.63) is 46.5 Å². The first-order valence-corrected chi connectivity index (χ1v) is 7.16. The normalized spacial score (nSPS) is 12.5. The predicted octanol–water partition coefficient (Wildman–Crippen LogP) is 2.86. The molecule has 2 rings (SSSR count). The standard InChI is InChI=1S/C16H22N4O/c1-9(2)14(15-17-12(5)19-20-15)18-16(21)13-8-6-7-10(3)11(13)4/h6-9,14H,1-5H3,(H,18,21)(H,17,19,20)/t14-/m1/s1. The highest BCUT2D eigenvalue weighted by molar-refractivity contribution is 5.96. The summed E-state index contributed by atoms with van der Waals surface area (Å²) in [4.78, 5) is 16.9. The van der Waals surface area contributed by atoms with Crippen LogP contribution in [0, 0.1) is 26.7 Å². The number of aryl methyl sites for hydroxylation is 2. The number of rotatable bonds is 4. The van der Waals surface area contributed by atoms with Crippen molar-refractivity contribution in [3.63, 3.8) is 0 Å². The molecule has 5 nitrogen and oxygen atoms in total. The molecule has 0 bridgehead atoms. The van der Waals surface area contributed by atoms with Crippen LogP contribution in [0.3, 0.4) is 0 Å². The Morgan fingerprint density at radius 3 is 2.52 bits per heavy atom. The van der Waals surface area contributed by atoms with Crippen LogP contribution in [-0.2, 0) is 0 Å². The third kappa shape index (κ3) is 3.29. The van der Waals surface area contributed by atoms with Crippen molar-refractivity contribution in [2.45, 2.75) is 40.7 Å². The van der Waals surface area contributed by atoms with Crippen LogP contribution >= 0.6 is 0 Å². The van der Waals surface area contributed by atoms with Crippen LogP contribution in [0.4, 0.5) is 0 Å². The summed E-state index contributed by atoms with van der Waals surface area (Å²) in [6.45, 7) is 9.90. The quantitative estimate of drug-likeness (QED) is 0.908. The molecule has 0 aliphatic rings. The highest BCUT2D eigenvalue weighted by Gasteiger charge is 2.23. The Bertz CT molecular complexity index is 645. The lowest BCUT2D eigenvalue weighted by molar-refractivity contribution is 0.0922. The first-order valence-electron chi connectivity index (χ1n) is 7.16. The maximum absolute atomic E-state index is 12.5.